The van der Waals surface area contributed by atoms with Gasteiger partial charge in [-0.15, -0.1) is 0 Å². The minimum absolute atomic E-state index is 0.0347. The van der Waals surface area contributed by atoms with E-state index >= 15 is 0 Å². The Kier molecular flexibility index (Phi) is 9.27. The Balaban J connectivity index is 1.65. The lowest BCUT2D eigenvalue weighted by Crippen LogP contribution is -2.36. The van der Waals surface area contributed by atoms with E-state index in [1.807, 2.05) is 0 Å². The average Bonchev–Trinajstić information content (AvgIpc) is 2.73. The smallest absolute Gasteiger partial charge is 0.306 e. The Hall–Kier alpha value is -2.77. The molecule has 0 heterocycles. The van der Waals surface area contributed by atoms with Crippen LogP contribution in [0.1, 0.15) is 51.4 Å². The van der Waals surface area contributed by atoms with Gasteiger partial charge in [0.1, 0.15) is 11.5 Å². The maximum atomic E-state index is 12.0. The lowest BCUT2D eigenvalue weighted by Gasteiger charge is -2.22. The van der Waals surface area contributed by atoms with E-state index in [4.69, 9.17) is 14.2 Å². The number of carbonyl (C=O) groups is 3. The largest absolute Gasteiger partial charge is 0.497 e. The first-order valence-corrected chi connectivity index (χ1v) is 9.98. The second kappa shape index (κ2) is 11.9. The highest BCUT2D eigenvalue weighted by Crippen LogP contribution is 2.28. The number of hydrogen-bond donors (Lipinski definition) is 2. The molecule has 2 rings (SSSR count). The van der Waals surface area contributed by atoms with E-state index in [1.54, 1.807) is 18.2 Å². The number of carbonyl (C=O) groups excluding carboxylic acids is 3. The molecular formula is C21H30N2O6. The number of methoxy groups -OCH3 is 2. The molecule has 8 nitrogen and oxygen atoms in total. The third kappa shape index (κ3) is 8.01. The fourth-order valence-electron chi connectivity index (χ4n) is 3.26. The van der Waals surface area contributed by atoms with Crippen molar-refractivity contribution >= 4 is 23.5 Å². The zero-order valence-corrected chi connectivity index (χ0v) is 17.1. The summed E-state index contributed by atoms with van der Waals surface area (Å²) in [5.41, 5.74) is 0.423. The standard InChI is InChI=1S/C21H30N2O6/c1-27-16-11-12-18(28-2)17(13-16)23-20(25)14-29-21(26)10-6-9-19(24)22-15-7-4-3-5-8-15/h11-13,15H,3-10,14H2,1-2H3,(H,22,24)(H,23,25). The normalized spacial score (nSPS) is 14.0. The Morgan fingerprint density at radius 3 is 2.45 bits per heavy atom. The van der Waals surface area contributed by atoms with Crippen LogP contribution < -0.4 is 20.1 Å². The Bertz CT molecular complexity index is 700. The van der Waals surface area contributed by atoms with Crippen LogP contribution in [-0.2, 0) is 19.1 Å². The molecule has 8 heteroatoms. The SMILES string of the molecule is COc1ccc(OC)c(NC(=O)COC(=O)CCCC(=O)NC2CCCCC2)c1. The minimum atomic E-state index is -0.511. The highest BCUT2D eigenvalue weighted by atomic mass is 16.5. The van der Waals surface area contributed by atoms with Crippen molar-refractivity contribution in [3.63, 3.8) is 0 Å². The molecule has 0 aromatic heterocycles. The van der Waals surface area contributed by atoms with Crippen LogP contribution in [0.15, 0.2) is 18.2 Å². The molecule has 0 unspecified atom stereocenters. The van der Waals surface area contributed by atoms with Crippen LogP contribution in [0.2, 0.25) is 0 Å². The number of hydrogen-bond acceptors (Lipinski definition) is 6. The number of esters is 1. The predicted molar refractivity (Wildman–Crippen MR) is 108 cm³/mol. The van der Waals surface area contributed by atoms with E-state index in [1.165, 1.54) is 20.6 Å². The van der Waals surface area contributed by atoms with E-state index < -0.39 is 18.5 Å². The molecule has 2 amide bonds. The molecule has 1 aliphatic rings. The summed E-state index contributed by atoms with van der Waals surface area (Å²) >= 11 is 0. The first-order valence-electron chi connectivity index (χ1n) is 9.98. The quantitative estimate of drug-likeness (QED) is 0.579. The maximum absolute atomic E-state index is 12.0. The van der Waals surface area contributed by atoms with E-state index in [0.29, 0.717) is 23.6 Å². The summed E-state index contributed by atoms with van der Waals surface area (Å²) < 4.78 is 15.3. The van der Waals surface area contributed by atoms with Gasteiger partial charge in [-0.1, -0.05) is 19.3 Å². The van der Waals surface area contributed by atoms with Crippen molar-refractivity contribution in [2.24, 2.45) is 0 Å². The lowest BCUT2D eigenvalue weighted by molar-refractivity contribution is -0.147. The van der Waals surface area contributed by atoms with Crippen molar-refractivity contribution in [1.82, 2.24) is 5.32 Å². The zero-order chi connectivity index (χ0) is 21.1. The van der Waals surface area contributed by atoms with Gasteiger partial charge in [-0.05, 0) is 31.4 Å². The molecule has 1 saturated carbocycles. The van der Waals surface area contributed by atoms with Gasteiger partial charge in [-0.3, -0.25) is 14.4 Å². The molecule has 0 aliphatic heterocycles. The molecule has 160 valence electrons. The third-order valence-corrected chi connectivity index (χ3v) is 4.80. The maximum Gasteiger partial charge on any atom is 0.306 e. The van der Waals surface area contributed by atoms with E-state index in [-0.39, 0.29) is 24.8 Å². The van der Waals surface area contributed by atoms with Gasteiger partial charge in [-0.2, -0.15) is 0 Å². The van der Waals surface area contributed by atoms with Crippen LogP contribution >= 0.6 is 0 Å². The summed E-state index contributed by atoms with van der Waals surface area (Å²) in [6.07, 6.45) is 6.36. The predicted octanol–water partition coefficient (Wildman–Crippen LogP) is 2.80. The highest BCUT2D eigenvalue weighted by Gasteiger charge is 2.16. The Morgan fingerprint density at radius 1 is 1.00 bits per heavy atom. The molecule has 0 radical (unpaired) electrons. The van der Waals surface area contributed by atoms with Crippen LogP contribution in [0.4, 0.5) is 5.69 Å². The summed E-state index contributed by atoms with van der Waals surface area (Å²) in [5.74, 6) is -0.00483. The summed E-state index contributed by atoms with van der Waals surface area (Å²) in [4.78, 5) is 35.8. The van der Waals surface area contributed by atoms with Crippen LogP contribution in [0.3, 0.4) is 0 Å². The van der Waals surface area contributed by atoms with Crippen LogP contribution in [0, 0.1) is 0 Å². The van der Waals surface area contributed by atoms with E-state index in [0.717, 1.165) is 25.7 Å². The number of anilines is 1. The van der Waals surface area contributed by atoms with Gasteiger partial charge in [0.15, 0.2) is 6.61 Å². The summed E-state index contributed by atoms with van der Waals surface area (Å²) in [6.45, 7) is -0.409. The number of rotatable bonds is 10. The monoisotopic (exact) mass is 406 g/mol. The number of ether oxygens (including phenoxy) is 3. The van der Waals surface area contributed by atoms with Gasteiger partial charge in [0.25, 0.3) is 5.91 Å². The Morgan fingerprint density at radius 2 is 1.76 bits per heavy atom. The molecule has 1 fully saturated rings. The molecule has 29 heavy (non-hydrogen) atoms. The van der Waals surface area contributed by atoms with Crippen molar-refractivity contribution in [3.05, 3.63) is 18.2 Å². The topological polar surface area (TPSA) is 103 Å². The van der Waals surface area contributed by atoms with Crippen LogP contribution in [0.25, 0.3) is 0 Å². The number of amides is 2. The molecule has 0 atom stereocenters. The number of benzene rings is 1. The first-order chi connectivity index (χ1) is 14.0. The van der Waals surface area contributed by atoms with Crippen molar-refractivity contribution < 1.29 is 28.6 Å². The van der Waals surface area contributed by atoms with Crippen molar-refractivity contribution in [3.8, 4) is 11.5 Å². The molecular weight excluding hydrogens is 376 g/mol. The first kappa shape index (κ1) is 22.5. The molecule has 1 aromatic carbocycles. The highest BCUT2D eigenvalue weighted by molar-refractivity contribution is 5.94. The van der Waals surface area contributed by atoms with Gasteiger partial charge in [-0.25, -0.2) is 0 Å². The van der Waals surface area contributed by atoms with Gasteiger partial charge < -0.3 is 24.8 Å². The fraction of sp³-hybridized carbons (Fsp3) is 0.571. The Labute approximate surface area is 171 Å². The zero-order valence-electron chi connectivity index (χ0n) is 17.1. The molecule has 2 N–H and O–H groups in total. The van der Waals surface area contributed by atoms with Crippen molar-refractivity contribution in [2.45, 2.75) is 57.4 Å². The second-order valence-corrected chi connectivity index (χ2v) is 7.03. The summed E-state index contributed by atoms with van der Waals surface area (Å²) in [5, 5.41) is 5.64. The van der Waals surface area contributed by atoms with Gasteiger partial charge >= 0.3 is 5.97 Å². The molecule has 1 aromatic rings. The lowest BCUT2D eigenvalue weighted by atomic mass is 9.95. The molecule has 0 spiro atoms. The summed E-state index contributed by atoms with van der Waals surface area (Å²) in [7, 11) is 3.01. The number of nitrogens with one attached hydrogen (secondary N) is 2. The fourth-order valence-corrected chi connectivity index (χ4v) is 3.26. The molecule has 0 bridgehead atoms. The summed E-state index contributed by atoms with van der Waals surface area (Å²) in [6, 6.07) is 5.25. The van der Waals surface area contributed by atoms with Gasteiger partial charge in [0.2, 0.25) is 5.91 Å². The average molecular weight is 406 g/mol. The van der Waals surface area contributed by atoms with Gasteiger partial charge in [0.05, 0.1) is 19.9 Å². The van der Waals surface area contributed by atoms with Crippen LogP contribution in [0.5, 0.6) is 11.5 Å². The minimum Gasteiger partial charge on any atom is -0.497 e. The molecule has 0 saturated heterocycles. The van der Waals surface area contributed by atoms with E-state index in [2.05, 4.69) is 10.6 Å². The second-order valence-electron chi connectivity index (χ2n) is 7.03. The van der Waals surface area contributed by atoms with Crippen molar-refractivity contribution in [1.29, 1.82) is 0 Å². The van der Waals surface area contributed by atoms with E-state index in [9.17, 15) is 14.4 Å². The third-order valence-electron chi connectivity index (χ3n) is 4.80. The van der Waals surface area contributed by atoms with Gasteiger partial charge in [0, 0.05) is 24.9 Å². The van der Waals surface area contributed by atoms with Crippen molar-refractivity contribution in [2.75, 3.05) is 26.1 Å². The molecule has 1 aliphatic carbocycles. The van der Waals surface area contributed by atoms with Crippen LogP contribution in [-0.4, -0.2) is 44.7 Å².